The second-order valence-electron chi connectivity index (χ2n) is 6.63. The molecule has 0 fully saturated rings. The highest BCUT2D eigenvalue weighted by Gasteiger charge is 2.34. The molecular formula is C16H27NO2. The van der Waals surface area contributed by atoms with E-state index < -0.39 is 0 Å². The standard InChI is InChI=1S/C16H27NO2/c1-6-19-12(3)10-17-11(2)7-13-14(17)8-16(4,5)9-15(13)18/h7,12,15,18H,6,8-10H2,1-5H3. The molecule has 1 heterocycles. The summed E-state index contributed by atoms with van der Waals surface area (Å²) in [5, 5.41) is 10.3. The second-order valence-corrected chi connectivity index (χ2v) is 6.63. The van der Waals surface area contributed by atoms with Gasteiger partial charge in [0, 0.05) is 30.1 Å². The summed E-state index contributed by atoms with van der Waals surface area (Å²) in [7, 11) is 0. The lowest BCUT2D eigenvalue weighted by Crippen LogP contribution is -2.28. The molecule has 1 aliphatic carbocycles. The summed E-state index contributed by atoms with van der Waals surface area (Å²) in [5.74, 6) is 0. The normalized spacial score (nSPS) is 23.2. The van der Waals surface area contributed by atoms with Gasteiger partial charge in [0.25, 0.3) is 0 Å². The first kappa shape index (κ1) is 14.6. The Balaban J connectivity index is 2.31. The van der Waals surface area contributed by atoms with Crippen molar-refractivity contribution in [3.8, 4) is 0 Å². The molecule has 108 valence electrons. The Bertz CT molecular complexity index is 448. The SMILES string of the molecule is CCOC(C)Cn1c(C)cc2c1CC(C)(C)CC2O. The molecule has 1 N–H and O–H groups in total. The summed E-state index contributed by atoms with van der Waals surface area (Å²) in [6, 6.07) is 2.15. The molecule has 2 atom stereocenters. The van der Waals surface area contributed by atoms with Gasteiger partial charge in [0.05, 0.1) is 12.2 Å². The maximum atomic E-state index is 10.3. The van der Waals surface area contributed by atoms with Gasteiger partial charge < -0.3 is 14.4 Å². The second kappa shape index (κ2) is 5.29. The van der Waals surface area contributed by atoms with E-state index >= 15 is 0 Å². The van der Waals surface area contributed by atoms with Crippen LogP contribution in [-0.4, -0.2) is 22.4 Å². The lowest BCUT2D eigenvalue weighted by molar-refractivity contribution is 0.0606. The Labute approximate surface area is 116 Å². The summed E-state index contributed by atoms with van der Waals surface area (Å²) in [6.07, 6.45) is 1.78. The third-order valence-electron chi connectivity index (χ3n) is 4.09. The highest BCUT2D eigenvalue weighted by Crippen LogP contribution is 2.42. The van der Waals surface area contributed by atoms with Crippen molar-refractivity contribution in [2.24, 2.45) is 5.41 Å². The van der Waals surface area contributed by atoms with Crippen molar-refractivity contribution in [3.63, 3.8) is 0 Å². The minimum atomic E-state index is -0.318. The smallest absolute Gasteiger partial charge is 0.0812 e. The van der Waals surface area contributed by atoms with Gasteiger partial charge >= 0.3 is 0 Å². The van der Waals surface area contributed by atoms with E-state index in [0.717, 1.165) is 31.6 Å². The van der Waals surface area contributed by atoms with Crippen molar-refractivity contribution >= 4 is 0 Å². The van der Waals surface area contributed by atoms with Crippen LogP contribution in [0.5, 0.6) is 0 Å². The average molecular weight is 265 g/mol. The first-order valence-corrected chi connectivity index (χ1v) is 7.32. The molecule has 1 aromatic heterocycles. The molecule has 0 bridgehead atoms. The quantitative estimate of drug-likeness (QED) is 0.907. The Hall–Kier alpha value is -0.800. The van der Waals surface area contributed by atoms with Crippen LogP contribution in [0.2, 0.25) is 0 Å². The van der Waals surface area contributed by atoms with Gasteiger partial charge in [0.2, 0.25) is 0 Å². The number of nitrogens with zero attached hydrogens (tertiary/aromatic N) is 1. The molecule has 0 amide bonds. The molecule has 0 saturated carbocycles. The van der Waals surface area contributed by atoms with Crippen molar-refractivity contribution in [2.75, 3.05) is 6.61 Å². The zero-order chi connectivity index (χ0) is 14.2. The van der Waals surface area contributed by atoms with Crippen molar-refractivity contribution in [2.45, 2.75) is 66.2 Å². The lowest BCUT2D eigenvalue weighted by Gasteiger charge is -2.34. The molecule has 0 radical (unpaired) electrons. The molecule has 0 aliphatic heterocycles. The van der Waals surface area contributed by atoms with Crippen LogP contribution in [0.15, 0.2) is 6.07 Å². The van der Waals surface area contributed by atoms with E-state index in [1.807, 2.05) is 6.92 Å². The fraction of sp³-hybridized carbons (Fsp3) is 0.750. The first-order valence-electron chi connectivity index (χ1n) is 7.32. The van der Waals surface area contributed by atoms with Crippen molar-refractivity contribution in [3.05, 3.63) is 23.0 Å². The molecule has 2 rings (SSSR count). The van der Waals surface area contributed by atoms with Crippen molar-refractivity contribution in [1.29, 1.82) is 0 Å². The van der Waals surface area contributed by atoms with Crippen molar-refractivity contribution in [1.82, 2.24) is 4.57 Å². The van der Waals surface area contributed by atoms with E-state index in [2.05, 4.69) is 38.3 Å². The first-order chi connectivity index (χ1) is 8.84. The molecule has 1 aliphatic rings. The van der Waals surface area contributed by atoms with Crippen LogP contribution in [0, 0.1) is 12.3 Å². The Morgan fingerprint density at radius 3 is 2.84 bits per heavy atom. The fourth-order valence-electron chi connectivity index (χ4n) is 3.25. The van der Waals surface area contributed by atoms with Gasteiger partial charge in [-0.25, -0.2) is 0 Å². The predicted octanol–water partition coefficient (Wildman–Crippen LogP) is 3.23. The molecule has 3 nitrogen and oxygen atoms in total. The van der Waals surface area contributed by atoms with Gasteiger partial charge in [-0.15, -0.1) is 0 Å². The van der Waals surface area contributed by atoms with Crippen LogP contribution in [0.25, 0.3) is 0 Å². The van der Waals surface area contributed by atoms with Crippen LogP contribution < -0.4 is 0 Å². The Morgan fingerprint density at radius 2 is 2.21 bits per heavy atom. The van der Waals surface area contributed by atoms with Gasteiger partial charge in [-0.3, -0.25) is 0 Å². The number of rotatable bonds is 4. The van der Waals surface area contributed by atoms with Crippen molar-refractivity contribution < 1.29 is 9.84 Å². The highest BCUT2D eigenvalue weighted by molar-refractivity contribution is 5.33. The number of ether oxygens (including phenoxy) is 1. The van der Waals surface area contributed by atoms with Crippen LogP contribution >= 0.6 is 0 Å². The molecular weight excluding hydrogens is 238 g/mol. The van der Waals surface area contributed by atoms with E-state index in [0.29, 0.717) is 0 Å². The molecule has 0 aromatic carbocycles. The van der Waals surface area contributed by atoms with Gasteiger partial charge in [-0.2, -0.15) is 0 Å². The largest absolute Gasteiger partial charge is 0.388 e. The maximum absolute atomic E-state index is 10.3. The summed E-state index contributed by atoms with van der Waals surface area (Å²) in [6.45, 7) is 12.4. The molecule has 0 saturated heterocycles. The number of hydrogen-bond acceptors (Lipinski definition) is 2. The molecule has 3 heteroatoms. The maximum Gasteiger partial charge on any atom is 0.0812 e. The summed E-state index contributed by atoms with van der Waals surface area (Å²) >= 11 is 0. The summed E-state index contributed by atoms with van der Waals surface area (Å²) in [4.78, 5) is 0. The number of fused-ring (bicyclic) bond motifs is 1. The van der Waals surface area contributed by atoms with Gasteiger partial charge in [-0.05, 0) is 45.1 Å². The fourth-order valence-corrected chi connectivity index (χ4v) is 3.25. The predicted molar refractivity (Wildman–Crippen MR) is 77.3 cm³/mol. The third kappa shape index (κ3) is 3.03. The van der Waals surface area contributed by atoms with E-state index in [-0.39, 0.29) is 17.6 Å². The summed E-state index contributed by atoms with van der Waals surface area (Å²) < 4.78 is 7.99. The number of aliphatic hydroxyl groups excluding tert-OH is 1. The highest BCUT2D eigenvalue weighted by atomic mass is 16.5. The van der Waals surface area contributed by atoms with E-state index in [1.165, 1.54) is 11.4 Å². The van der Waals surface area contributed by atoms with E-state index in [1.54, 1.807) is 0 Å². The minimum absolute atomic E-state index is 0.170. The lowest BCUT2D eigenvalue weighted by atomic mass is 9.75. The zero-order valence-electron chi connectivity index (χ0n) is 12.9. The third-order valence-corrected chi connectivity index (χ3v) is 4.09. The monoisotopic (exact) mass is 265 g/mol. The Kier molecular flexibility index (Phi) is 4.07. The van der Waals surface area contributed by atoms with Crippen LogP contribution in [-0.2, 0) is 17.7 Å². The Morgan fingerprint density at radius 1 is 1.53 bits per heavy atom. The van der Waals surface area contributed by atoms with E-state index in [9.17, 15) is 5.11 Å². The zero-order valence-corrected chi connectivity index (χ0v) is 12.9. The van der Waals surface area contributed by atoms with Crippen LogP contribution in [0.3, 0.4) is 0 Å². The minimum Gasteiger partial charge on any atom is -0.388 e. The van der Waals surface area contributed by atoms with Crippen LogP contribution in [0.4, 0.5) is 0 Å². The number of aliphatic hydroxyl groups is 1. The van der Waals surface area contributed by atoms with Gasteiger partial charge in [0.1, 0.15) is 0 Å². The molecule has 2 unspecified atom stereocenters. The van der Waals surface area contributed by atoms with Crippen LogP contribution in [0.1, 0.15) is 57.2 Å². The number of hydrogen-bond donors (Lipinski definition) is 1. The topological polar surface area (TPSA) is 34.4 Å². The molecule has 19 heavy (non-hydrogen) atoms. The number of aryl methyl sites for hydroxylation is 1. The van der Waals surface area contributed by atoms with Gasteiger partial charge in [-0.1, -0.05) is 13.8 Å². The molecule has 1 aromatic rings. The van der Waals surface area contributed by atoms with E-state index in [4.69, 9.17) is 4.74 Å². The number of aromatic nitrogens is 1. The molecule has 0 spiro atoms. The average Bonchev–Trinajstić information content (AvgIpc) is 2.56. The van der Waals surface area contributed by atoms with Gasteiger partial charge in [0.15, 0.2) is 0 Å². The summed E-state index contributed by atoms with van der Waals surface area (Å²) in [5.41, 5.74) is 3.82.